The Morgan fingerprint density at radius 1 is 1.07 bits per heavy atom. The molecule has 3 rings (SSSR count). The van der Waals surface area contributed by atoms with E-state index >= 15 is 0 Å². The molecule has 0 fully saturated rings. The first kappa shape index (κ1) is 20.9. The first-order valence-corrected chi connectivity index (χ1v) is 9.88. The van der Waals surface area contributed by atoms with Crippen molar-refractivity contribution in [2.75, 3.05) is 7.05 Å². The van der Waals surface area contributed by atoms with Crippen LogP contribution in [0.4, 0.5) is 4.79 Å². The van der Waals surface area contributed by atoms with Crippen LogP contribution < -0.4 is 16.0 Å². The average Bonchev–Trinajstić information content (AvgIpc) is 3.19. The second-order valence-corrected chi connectivity index (χ2v) is 7.01. The lowest BCUT2D eigenvalue weighted by Crippen LogP contribution is -2.51. The SMILES string of the molecule is CNC(=O)[C@H](Cc1c[nH]c2ccccc12)NC(=O)NC(CCC#N)c1ccccc1. The number of benzene rings is 2. The monoisotopic (exact) mass is 403 g/mol. The predicted octanol–water partition coefficient (Wildman–Crippen LogP) is 3.17. The highest BCUT2D eigenvalue weighted by Crippen LogP contribution is 2.20. The standard InChI is InChI=1S/C23H25N5O2/c1-25-22(29)21(14-17-15-26-20-11-6-5-10-18(17)20)28-23(30)27-19(12-7-13-24)16-8-3-2-4-9-16/h2-6,8-11,15,19,21,26H,7,12,14H2,1H3,(H,25,29)(H2,27,28,30)/t19?,21-/m0/s1. The summed E-state index contributed by atoms with van der Waals surface area (Å²) in [7, 11) is 1.55. The van der Waals surface area contributed by atoms with E-state index in [-0.39, 0.29) is 11.9 Å². The highest BCUT2D eigenvalue weighted by molar-refractivity contribution is 5.89. The fourth-order valence-corrected chi connectivity index (χ4v) is 3.48. The van der Waals surface area contributed by atoms with E-state index in [0.29, 0.717) is 19.3 Å². The quantitative estimate of drug-likeness (QED) is 0.464. The van der Waals surface area contributed by atoms with Crippen molar-refractivity contribution in [2.45, 2.75) is 31.3 Å². The summed E-state index contributed by atoms with van der Waals surface area (Å²) in [5.74, 6) is -0.274. The van der Waals surface area contributed by atoms with E-state index in [4.69, 9.17) is 5.26 Å². The Balaban J connectivity index is 1.73. The zero-order chi connectivity index (χ0) is 21.3. The molecule has 0 aliphatic rings. The number of rotatable bonds is 8. The van der Waals surface area contributed by atoms with Crippen LogP contribution in [0.1, 0.15) is 30.0 Å². The van der Waals surface area contributed by atoms with Crippen LogP contribution in [-0.4, -0.2) is 30.0 Å². The number of para-hydroxylation sites is 1. The maximum absolute atomic E-state index is 12.7. The summed E-state index contributed by atoms with van der Waals surface area (Å²) in [6.07, 6.45) is 3.01. The van der Waals surface area contributed by atoms with E-state index in [2.05, 4.69) is 27.0 Å². The largest absolute Gasteiger partial charge is 0.361 e. The summed E-state index contributed by atoms with van der Waals surface area (Å²) in [6, 6.07) is 17.9. The summed E-state index contributed by atoms with van der Waals surface area (Å²) in [4.78, 5) is 28.3. The van der Waals surface area contributed by atoms with E-state index in [0.717, 1.165) is 22.0 Å². The van der Waals surface area contributed by atoms with Gasteiger partial charge in [0.15, 0.2) is 0 Å². The van der Waals surface area contributed by atoms with E-state index in [9.17, 15) is 9.59 Å². The van der Waals surface area contributed by atoms with Gasteiger partial charge in [0.1, 0.15) is 6.04 Å². The van der Waals surface area contributed by atoms with Crippen molar-refractivity contribution in [2.24, 2.45) is 0 Å². The number of hydrogen-bond acceptors (Lipinski definition) is 3. The van der Waals surface area contributed by atoms with Crippen molar-refractivity contribution in [3.8, 4) is 6.07 Å². The van der Waals surface area contributed by atoms with Gasteiger partial charge in [-0.25, -0.2) is 4.79 Å². The highest BCUT2D eigenvalue weighted by atomic mass is 16.2. The molecule has 0 aliphatic carbocycles. The second kappa shape index (κ2) is 10.1. The summed E-state index contributed by atoms with van der Waals surface area (Å²) in [5, 5.41) is 18.3. The first-order chi connectivity index (χ1) is 14.6. The van der Waals surface area contributed by atoms with Crippen LogP contribution in [0.2, 0.25) is 0 Å². The summed E-state index contributed by atoms with van der Waals surface area (Å²) >= 11 is 0. The Labute approximate surface area is 175 Å². The van der Waals surface area contributed by atoms with Gasteiger partial charge in [-0.3, -0.25) is 4.79 Å². The van der Waals surface area contributed by atoms with Gasteiger partial charge in [0.05, 0.1) is 12.1 Å². The fourth-order valence-electron chi connectivity index (χ4n) is 3.48. The Morgan fingerprint density at radius 2 is 1.80 bits per heavy atom. The molecule has 154 valence electrons. The number of likely N-dealkylation sites (N-methyl/N-ethyl adjacent to an activating group) is 1. The van der Waals surface area contributed by atoms with Crippen LogP contribution in [0, 0.1) is 11.3 Å². The van der Waals surface area contributed by atoms with Crippen LogP contribution >= 0.6 is 0 Å². The number of carbonyl (C=O) groups excluding carboxylic acids is 2. The minimum Gasteiger partial charge on any atom is -0.361 e. The van der Waals surface area contributed by atoms with E-state index in [1.807, 2.05) is 60.8 Å². The molecule has 30 heavy (non-hydrogen) atoms. The Morgan fingerprint density at radius 3 is 2.53 bits per heavy atom. The van der Waals surface area contributed by atoms with Gasteiger partial charge in [0, 0.05) is 37.0 Å². The van der Waals surface area contributed by atoms with Crippen LogP contribution in [0.25, 0.3) is 10.9 Å². The highest BCUT2D eigenvalue weighted by Gasteiger charge is 2.23. The lowest BCUT2D eigenvalue weighted by molar-refractivity contribution is -0.122. The molecule has 0 saturated carbocycles. The minimum absolute atomic E-state index is 0.274. The number of aromatic amines is 1. The third-order valence-corrected chi connectivity index (χ3v) is 5.02. The van der Waals surface area contributed by atoms with Crippen molar-refractivity contribution in [3.05, 3.63) is 71.9 Å². The summed E-state index contributed by atoms with van der Waals surface area (Å²) < 4.78 is 0. The van der Waals surface area contributed by atoms with Gasteiger partial charge in [-0.1, -0.05) is 48.5 Å². The Kier molecular flexibility index (Phi) is 7.06. The predicted molar refractivity (Wildman–Crippen MR) is 116 cm³/mol. The molecule has 7 nitrogen and oxygen atoms in total. The van der Waals surface area contributed by atoms with Gasteiger partial charge in [0.25, 0.3) is 0 Å². The maximum Gasteiger partial charge on any atom is 0.315 e. The number of nitrogens with one attached hydrogen (secondary N) is 4. The van der Waals surface area contributed by atoms with Gasteiger partial charge in [-0.05, 0) is 23.6 Å². The molecule has 7 heteroatoms. The van der Waals surface area contributed by atoms with Gasteiger partial charge >= 0.3 is 6.03 Å². The van der Waals surface area contributed by atoms with Crippen molar-refractivity contribution in [1.29, 1.82) is 5.26 Å². The molecule has 0 bridgehead atoms. The van der Waals surface area contributed by atoms with E-state index in [1.54, 1.807) is 7.05 Å². The Hall–Kier alpha value is -3.79. The van der Waals surface area contributed by atoms with Gasteiger partial charge in [-0.2, -0.15) is 5.26 Å². The molecule has 0 spiro atoms. The third kappa shape index (κ3) is 5.17. The molecular formula is C23H25N5O2. The molecule has 2 atom stereocenters. The number of fused-ring (bicyclic) bond motifs is 1. The lowest BCUT2D eigenvalue weighted by Gasteiger charge is -2.22. The zero-order valence-electron chi connectivity index (χ0n) is 16.8. The molecule has 0 radical (unpaired) electrons. The molecule has 3 aromatic rings. The van der Waals surface area contributed by atoms with Crippen LogP contribution in [0.15, 0.2) is 60.8 Å². The number of amides is 3. The molecular weight excluding hydrogens is 378 g/mol. The van der Waals surface area contributed by atoms with Crippen molar-refractivity contribution in [3.63, 3.8) is 0 Å². The molecule has 2 aromatic carbocycles. The zero-order valence-corrected chi connectivity index (χ0v) is 16.8. The maximum atomic E-state index is 12.7. The molecule has 1 heterocycles. The average molecular weight is 403 g/mol. The normalized spacial score (nSPS) is 12.5. The van der Waals surface area contributed by atoms with Crippen LogP contribution in [-0.2, 0) is 11.2 Å². The number of urea groups is 1. The molecule has 0 saturated heterocycles. The van der Waals surface area contributed by atoms with Crippen molar-refractivity contribution < 1.29 is 9.59 Å². The lowest BCUT2D eigenvalue weighted by atomic mass is 10.0. The number of nitriles is 1. The fraction of sp³-hybridized carbons (Fsp3) is 0.261. The minimum atomic E-state index is -0.735. The number of carbonyl (C=O) groups is 2. The first-order valence-electron chi connectivity index (χ1n) is 9.88. The Bertz CT molecular complexity index is 1040. The van der Waals surface area contributed by atoms with E-state index < -0.39 is 12.1 Å². The van der Waals surface area contributed by atoms with Gasteiger partial charge in [-0.15, -0.1) is 0 Å². The molecule has 1 aromatic heterocycles. The summed E-state index contributed by atoms with van der Waals surface area (Å²) in [6.45, 7) is 0. The second-order valence-electron chi connectivity index (χ2n) is 7.01. The van der Waals surface area contributed by atoms with Crippen LogP contribution in [0.3, 0.4) is 0 Å². The number of H-pyrrole nitrogens is 1. The van der Waals surface area contributed by atoms with Crippen LogP contribution in [0.5, 0.6) is 0 Å². The number of hydrogen-bond donors (Lipinski definition) is 4. The van der Waals surface area contributed by atoms with Crippen molar-refractivity contribution in [1.82, 2.24) is 20.9 Å². The third-order valence-electron chi connectivity index (χ3n) is 5.02. The topological polar surface area (TPSA) is 110 Å². The van der Waals surface area contributed by atoms with Crippen molar-refractivity contribution >= 4 is 22.8 Å². The molecule has 0 aliphatic heterocycles. The van der Waals surface area contributed by atoms with Gasteiger partial charge < -0.3 is 20.9 Å². The molecule has 4 N–H and O–H groups in total. The number of nitrogens with zero attached hydrogens (tertiary/aromatic N) is 1. The smallest absolute Gasteiger partial charge is 0.315 e. The van der Waals surface area contributed by atoms with E-state index in [1.165, 1.54) is 0 Å². The van der Waals surface area contributed by atoms with Gasteiger partial charge in [0.2, 0.25) is 5.91 Å². The molecule has 1 unspecified atom stereocenters. The summed E-state index contributed by atoms with van der Waals surface area (Å²) in [5.41, 5.74) is 2.84. The number of aromatic nitrogens is 1. The molecule has 3 amide bonds.